The largest absolute Gasteiger partial charge is 0.313 e. The first-order valence-corrected chi connectivity index (χ1v) is 7.96. The second-order valence-corrected chi connectivity index (χ2v) is 6.25. The molecule has 0 bridgehead atoms. The Labute approximate surface area is 131 Å². The Morgan fingerprint density at radius 2 is 1.90 bits per heavy atom. The number of rotatable bonds is 6. The highest BCUT2D eigenvalue weighted by atomic mass is 35.5. The number of halogens is 2. The number of hydrogen-bond donors (Lipinski definition) is 1. The lowest BCUT2D eigenvalue weighted by atomic mass is 10.2. The molecule has 1 aromatic rings. The van der Waals surface area contributed by atoms with Gasteiger partial charge in [0.05, 0.1) is 0 Å². The van der Waals surface area contributed by atoms with Crippen molar-refractivity contribution < 1.29 is 0 Å². The van der Waals surface area contributed by atoms with Crippen LogP contribution in [0.1, 0.15) is 12.0 Å². The molecule has 1 saturated heterocycles. The van der Waals surface area contributed by atoms with Crippen molar-refractivity contribution in [3.63, 3.8) is 0 Å². The topological polar surface area (TPSA) is 18.5 Å². The molecule has 1 aliphatic heterocycles. The lowest BCUT2D eigenvalue weighted by molar-refractivity contribution is 0.153. The quantitative estimate of drug-likeness (QED) is 0.814. The molecule has 0 saturated carbocycles. The van der Waals surface area contributed by atoms with Gasteiger partial charge in [0.1, 0.15) is 0 Å². The van der Waals surface area contributed by atoms with Gasteiger partial charge >= 0.3 is 0 Å². The number of hydrogen-bond acceptors (Lipinski definition) is 3. The molecule has 0 spiro atoms. The summed E-state index contributed by atoms with van der Waals surface area (Å²) >= 11 is 12.1. The highest BCUT2D eigenvalue weighted by Crippen LogP contribution is 2.20. The minimum Gasteiger partial charge on any atom is -0.313 e. The second-order valence-electron chi connectivity index (χ2n) is 5.41. The monoisotopic (exact) mass is 315 g/mol. The third-order valence-electron chi connectivity index (χ3n) is 3.75. The van der Waals surface area contributed by atoms with E-state index in [9.17, 15) is 0 Å². The van der Waals surface area contributed by atoms with E-state index in [2.05, 4.69) is 22.2 Å². The Morgan fingerprint density at radius 3 is 2.65 bits per heavy atom. The van der Waals surface area contributed by atoms with Gasteiger partial charge in [0.2, 0.25) is 0 Å². The Balaban J connectivity index is 1.61. The van der Waals surface area contributed by atoms with Gasteiger partial charge in [-0.2, -0.15) is 0 Å². The molecule has 0 aliphatic carbocycles. The van der Waals surface area contributed by atoms with Crippen LogP contribution in [0, 0.1) is 0 Å². The summed E-state index contributed by atoms with van der Waals surface area (Å²) in [4.78, 5) is 4.92. The van der Waals surface area contributed by atoms with Gasteiger partial charge in [-0.3, -0.25) is 0 Å². The van der Waals surface area contributed by atoms with Crippen LogP contribution in [0.5, 0.6) is 0 Å². The molecule has 5 heteroatoms. The highest BCUT2D eigenvalue weighted by molar-refractivity contribution is 6.33. The summed E-state index contributed by atoms with van der Waals surface area (Å²) in [7, 11) is 2.19. The smallest absolute Gasteiger partial charge is 0.0451 e. The van der Waals surface area contributed by atoms with Crippen molar-refractivity contribution in [1.82, 2.24) is 15.1 Å². The van der Waals surface area contributed by atoms with Gasteiger partial charge in [-0.25, -0.2) is 0 Å². The lowest BCUT2D eigenvalue weighted by Crippen LogP contribution is -2.45. The summed E-state index contributed by atoms with van der Waals surface area (Å²) in [5, 5.41) is 4.96. The van der Waals surface area contributed by atoms with E-state index in [0.717, 1.165) is 28.7 Å². The number of likely N-dealkylation sites (N-methyl/N-ethyl adjacent to an activating group) is 1. The molecule has 2 rings (SSSR count). The van der Waals surface area contributed by atoms with Crippen LogP contribution in [-0.4, -0.2) is 56.1 Å². The molecule has 1 N–H and O–H groups in total. The van der Waals surface area contributed by atoms with E-state index in [1.807, 2.05) is 18.2 Å². The molecule has 0 unspecified atom stereocenters. The van der Waals surface area contributed by atoms with Crippen LogP contribution in [0.25, 0.3) is 0 Å². The molecule has 1 fully saturated rings. The van der Waals surface area contributed by atoms with Crippen molar-refractivity contribution in [2.24, 2.45) is 0 Å². The molecule has 0 amide bonds. The summed E-state index contributed by atoms with van der Waals surface area (Å²) in [6, 6.07) is 5.60. The average Bonchev–Trinajstić information content (AvgIpc) is 2.44. The molecule has 1 heterocycles. The van der Waals surface area contributed by atoms with Crippen molar-refractivity contribution >= 4 is 23.2 Å². The molecule has 1 aromatic carbocycles. The van der Waals surface area contributed by atoms with Gasteiger partial charge in [-0.1, -0.05) is 23.2 Å². The zero-order chi connectivity index (χ0) is 14.4. The van der Waals surface area contributed by atoms with E-state index in [1.54, 1.807) is 0 Å². The fraction of sp³-hybridized carbons (Fsp3) is 0.600. The second kappa shape index (κ2) is 8.20. The van der Waals surface area contributed by atoms with Gasteiger partial charge in [0.25, 0.3) is 0 Å². The SMILES string of the molecule is CN1CCN(CCCNCc2cc(Cl)ccc2Cl)CC1. The summed E-state index contributed by atoms with van der Waals surface area (Å²) in [5.74, 6) is 0. The lowest BCUT2D eigenvalue weighted by Gasteiger charge is -2.32. The molecule has 112 valence electrons. The predicted molar refractivity (Wildman–Crippen MR) is 86.7 cm³/mol. The van der Waals surface area contributed by atoms with Gasteiger partial charge < -0.3 is 15.1 Å². The van der Waals surface area contributed by atoms with E-state index in [4.69, 9.17) is 23.2 Å². The van der Waals surface area contributed by atoms with Crippen LogP contribution >= 0.6 is 23.2 Å². The van der Waals surface area contributed by atoms with E-state index in [-0.39, 0.29) is 0 Å². The van der Waals surface area contributed by atoms with E-state index < -0.39 is 0 Å². The molecule has 0 aromatic heterocycles. The van der Waals surface area contributed by atoms with Gasteiger partial charge in [0, 0.05) is 42.8 Å². The third kappa shape index (κ3) is 5.23. The van der Waals surface area contributed by atoms with E-state index in [0.29, 0.717) is 0 Å². The van der Waals surface area contributed by atoms with Gasteiger partial charge in [0.15, 0.2) is 0 Å². The predicted octanol–water partition coefficient (Wildman–Crippen LogP) is 2.72. The Kier molecular flexibility index (Phi) is 6.59. The summed E-state index contributed by atoms with van der Waals surface area (Å²) in [6.07, 6.45) is 1.17. The van der Waals surface area contributed by atoms with Crippen LogP contribution in [-0.2, 0) is 6.54 Å². The van der Waals surface area contributed by atoms with Crippen molar-refractivity contribution in [3.05, 3.63) is 33.8 Å². The first-order valence-electron chi connectivity index (χ1n) is 7.21. The molecular formula is C15H23Cl2N3. The maximum absolute atomic E-state index is 6.13. The third-order valence-corrected chi connectivity index (χ3v) is 4.35. The Morgan fingerprint density at radius 1 is 1.15 bits per heavy atom. The summed E-state index contributed by atoms with van der Waals surface area (Å²) in [5.41, 5.74) is 1.07. The molecule has 20 heavy (non-hydrogen) atoms. The molecular weight excluding hydrogens is 293 g/mol. The molecule has 1 aliphatic rings. The molecule has 3 nitrogen and oxygen atoms in total. The van der Waals surface area contributed by atoms with Crippen LogP contribution in [0.3, 0.4) is 0 Å². The maximum Gasteiger partial charge on any atom is 0.0451 e. The van der Waals surface area contributed by atoms with Gasteiger partial charge in [-0.15, -0.1) is 0 Å². The molecule has 0 radical (unpaired) electrons. The van der Waals surface area contributed by atoms with Crippen molar-refractivity contribution in [2.45, 2.75) is 13.0 Å². The van der Waals surface area contributed by atoms with Crippen LogP contribution in [0.15, 0.2) is 18.2 Å². The van der Waals surface area contributed by atoms with Crippen LogP contribution < -0.4 is 5.32 Å². The fourth-order valence-electron chi connectivity index (χ4n) is 2.40. The standard InChI is InChI=1S/C15H23Cl2N3/c1-19-7-9-20(10-8-19)6-2-5-18-12-13-11-14(16)3-4-15(13)17/h3-4,11,18H,2,5-10,12H2,1H3. The first-order chi connectivity index (χ1) is 9.65. The number of nitrogens with zero attached hydrogens (tertiary/aromatic N) is 2. The van der Waals surface area contributed by atoms with Crippen molar-refractivity contribution in [3.8, 4) is 0 Å². The van der Waals surface area contributed by atoms with E-state index >= 15 is 0 Å². The van der Waals surface area contributed by atoms with Crippen molar-refractivity contribution in [2.75, 3.05) is 46.3 Å². The zero-order valence-electron chi connectivity index (χ0n) is 12.0. The van der Waals surface area contributed by atoms with Gasteiger partial charge in [-0.05, 0) is 50.3 Å². The Hall–Kier alpha value is -0.320. The maximum atomic E-state index is 6.13. The minimum atomic E-state index is 0.739. The van der Waals surface area contributed by atoms with E-state index in [1.165, 1.54) is 39.1 Å². The minimum absolute atomic E-state index is 0.739. The number of benzene rings is 1. The average molecular weight is 316 g/mol. The normalized spacial score (nSPS) is 17.6. The number of piperazine rings is 1. The summed E-state index contributed by atoms with van der Waals surface area (Å²) in [6.45, 7) is 7.71. The van der Waals surface area contributed by atoms with Crippen LogP contribution in [0.2, 0.25) is 10.0 Å². The zero-order valence-corrected chi connectivity index (χ0v) is 13.6. The number of nitrogens with one attached hydrogen (secondary N) is 1. The molecule has 0 atom stereocenters. The fourth-order valence-corrected chi connectivity index (χ4v) is 2.78. The first kappa shape index (κ1) is 16.1. The highest BCUT2D eigenvalue weighted by Gasteiger charge is 2.12. The van der Waals surface area contributed by atoms with Crippen molar-refractivity contribution in [1.29, 1.82) is 0 Å². The van der Waals surface area contributed by atoms with Crippen LogP contribution in [0.4, 0.5) is 0 Å². The summed E-state index contributed by atoms with van der Waals surface area (Å²) < 4.78 is 0. The Bertz CT molecular complexity index is 418.